The van der Waals surface area contributed by atoms with Gasteiger partial charge in [0, 0.05) is 6.07 Å². The standard InChI is InChI=1S/C15H21NO3/c1-3-18-11-7-8-12(14(10-11)19-4-2)15(17)13-6-5-9-16-13/h7-8,10,13,16H,3-6,9H2,1-2H3. The minimum Gasteiger partial charge on any atom is -0.494 e. The molecular formula is C15H21NO3. The smallest absolute Gasteiger partial charge is 0.183 e. The van der Waals surface area contributed by atoms with E-state index in [4.69, 9.17) is 9.47 Å². The number of carbonyl (C=O) groups is 1. The van der Waals surface area contributed by atoms with Crippen molar-refractivity contribution in [1.82, 2.24) is 5.32 Å². The van der Waals surface area contributed by atoms with Crippen LogP contribution in [0.25, 0.3) is 0 Å². The van der Waals surface area contributed by atoms with Gasteiger partial charge in [-0.15, -0.1) is 0 Å². The molecule has 1 aromatic carbocycles. The van der Waals surface area contributed by atoms with Crippen molar-refractivity contribution in [3.05, 3.63) is 23.8 Å². The van der Waals surface area contributed by atoms with Crippen LogP contribution < -0.4 is 14.8 Å². The summed E-state index contributed by atoms with van der Waals surface area (Å²) in [6.07, 6.45) is 1.95. The highest BCUT2D eigenvalue weighted by molar-refractivity contribution is 6.02. The van der Waals surface area contributed by atoms with E-state index in [1.807, 2.05) is 19.9 Å². The Kier molecular flexibility index (Phi) is 4.80. The lowest BCUT2D eigenvalue weighted by molar-refractivity contribution is 0.0948. The van der Waals surface area contributed by atoms with Crippen LogP contribution in [0.1, 0.15) is 37.0 Å². The summed E-state index contributed by atoms with van der Waals surface area (Å²) >= 11 is 0. The maximum Gasteiger partial charge on any atom is 0.183 e. The van der Waals surface area contributed by atoms with E-state index in [0.717, 1.165) is 25.1 Å². The Morgan fingerprint density at radius 2 is 2.11 bits per heavy atom. The quantitative estimate of drug-likeness (QED) is 0.801. The van der Waals surface area contributed by atoms with Gasteiger partial charge in [0.05, 0.1) is 24.8 Å². The van der Waals surface area contributed by atoms with E-state index >= 15 is 0 Å². The van der Waals surface area contributed by atoms with Crippen molar-refractivity contribution in [3.63, 3.8) is 0 Å². The van der Waals surface area contributed by atoms with Gasteiger partial charge in [-0.25, -0.2) is 0 Å². The number of hydrogen-bond donors (Lipinski definition) is 1. The highest BCUT2D eigenvalue weighted by Crippen LogP contribution is 2.27. The molecule has 0 saturated carbocycles. The van der Waals surface area contributed by atoms with Gasteiger partial charge >= 0.3 is 0 Å². The molecule has 1 unspecified atom stereocenters. The molecule has 2 rings (SSSR count). The minimum absolute atomic E-state index is 0.0721. The molecule has 1 atom stereocenters. The zero-order chi connectivity index (χ0) is 13.7. The summed E-state index contributed by atoms with van der Waals surface area (Å²) in [5.41, 5.74) is 0.643. The second-order valence-electron chi connectivity index (χ2n) is 4.54. The first-order chi connectivity index (χ1) is 9.26. The summed E-state index contributed by atoms with van der Waals surface area (Å²) in [5, 5.41) is 3.23. The van der Waals surface area contributed by atoms with Gasteiger partial charge in [0.15, 0.2) is 5.78 Å². The minimum atomic E-state index is -0.0721. The second kappa shape index (κ2) is 6.57. The first kappa shape index (κ1) is 13.9. The molecule has 1 fully saturated rings. The number of hydrogen-bond acceptors (Lipinski definition) is 4. The van der Waals surface area contributed by atoms with Crippen LogP contribution in [0.15, 0.2) is 18.2 Å². The molecule has 19 heavy (non-hydrogen) atoms. The average Bonchev–Trinajstić information content (AvgIpc) is 2.93. The van der Waals surface area contributed by atoms with E-state index in [0.29, 0.717) is 24.5 Å². The third-order valence-corrected chi connectivity index (χ3v) is 3.21. The monoisotopic (exact) mass is 263 g/mol. The van der Waals surface area contributed by atoms with Crippen LogP contribution in [-0.4, -0.2) is 31.6 Å². The van der Waals surface area contributed by atoms with Crippen molar-refractivity contribution in [1.29, 1.82) is 0 Å². The van der Waals surface area contributed by atoms with E-state index in [2.05, 4.69) is 5.32 Å². The van der Waals surface area contributed by atoms with Crippen molar-refractivity contribution in [2.75, 3.05) is 19.8 Å². The third kappa shape index (κ3) is 3.26. The van der Waals surface area contributed by atoms with Crippen LogP contribution in [0, 0.1) is 0 Å². The van der Waals surface area contributed by atoms with Crippen LogP contribution in [0.4, 0.5) is 0 Å². The van der Waals surface area contributed by atoms with Gasteiger partial charge in [0.25, 0.3) is 0 Å². The Labute approximate surface area is 114 Å². The molecule has 1 N–H and O–H groups in total. The molecule has 0 aromatic heterocycles. The Morgan fingerprint density at radius 3 is 2.74 bits per heavy atom. The van der Waals surface area contributed by atoms with Crippen LogP contribution in [0.3, 0.4) is 0 Å². The topological polar surface area (TPSA) is 47.6 Å². The van der Waals surface area contributed by atoms with E-state index in [-0.39, 0.29) is 11.8 Å². The largest absolute Gasteiger partial charge is 0.494 e. The normalized spacial score (nSPS) is 18.3. The molecule has 1 saturated heterocycles. The number of ether oxygens (including phenoxy) is 2. The van der Waals surface area contributed by atoms with E-state index in [1.165, 1.54) is 0 Å². The summed E-state index contributed by atoms with van der Waals surface area (Å²) < 4.78 is 11.0. The maximum absolute atomic E-state index is 12.4. The SMILES string of the molecule is CCOc1ccc(C(=O)C2CCCN2)c(OCC)c1. The van der Waals surface area contributed by atoms with Gasteiger partial charge in [-0.1, -0.05) is 0 Å². The molecule has 4 nitrogen and oxygen atoms in total. The molecule has 1 aliphatic heterocycles. The molecule has 0 spiro atoms. The van der Waals surface area contributed by atoms with Gasteiger partial charge in [0.2, 0.25) is 0 Å². The Balaban J connectivity index is 2.24. The van der Waals surface area contributed by atoms with E-state index in [9.17, 15) is 4.79 Å². The highest BCUT2D eigenvalue weighted by Gasteiger charge is 2.25. The van der Waals surface area contributed by atoms with Crippen molar-refractivity contribution >= 4 is 5.78 Å². The lowest BCUT2D eigenvalue weighted by Crippen LogP contribution is -2.31. The van der Waals surface area contributed by atoms with Crippen molar-refractivity contribution in [3.8, 4) is 11.5 Å². The Hall–Kier alpha value is -1.55. The number of nitrogens with one attached hydrogen (secondary N) is 1. The number of Topliss-reactive ketones (excluding diaryl/α,β-unsaturated/α-hetero) is 1. The third-order valence-electron chi connectivity index (χ3n) is 3.21. The molecule has 0 amide bonds. The van der Waals surface area contributed by atoms with E-state index in [1.54, 1.807) is 12.1 Å². The zero-order valence-corrected chi connectivity index (χ0v) is 11.6. The highest BCUT2D eigenvalue weighted by atomic mass is 16.5. The first-order valence-electron chi connectivity index (χ1n) is 6.93. The number of ketones is 1. The number of benzene rings is 1. The van der Waals surface area contributed by atoms with E-state index < -0.39 is 0 Å². The first-order valence-corrected chi connectivity index (χ1v) is 6.93. The second-order valence-corrected chi connectivity index (χ2v) is 4.54. The summed E-state index contributed by atoms with van der Waals surface area (Å²) in [4.78, 5) is 12.4. The molecule has 104 valence electrons. The number of rotatable bonds is 6. The van der Waals surface area contributed by atoms with Gasteiger partial charge in [-0.05, 0) is 45.4 Å². The lowest BCUT2D eigenvalue weighted by Gasteiger charge is -2.14. The molecule has 4 heteroatoms. The number of carbonyl (C=O) groups excluding carboxylic acids is 1. The predicted octanol–water partition coefficient (Wildman–Crippen LogP) is 2.42. The van der Waals surface area contributed by atoms with Crippen LogP contribution in [0.5, 0.6) is 11.5 Å². The lowest BCUT2D eigenvalue weighted by atomic mass is 10.0. The van der Waals surface area contributed by atoms with Crippen LogP contribution in [-0.2, 0) is 0 Å². The summed E-state index contributed by atoms with van der Waals surface area (Å²) in [5.74, 6) is 1.47. The van der Waals surface area contributed by atoms with Crippen LogP contribution >= 0.6 is 0 Å². The Bertz CT molecular complexity index is 439. The van der Waals surface area contributed by atoms with Crippen molar-refractivity contribution in [2.24, 2.45) is 0 Å². The average molecular weight is 263 g/mol. The van der Waals surface area contributed by atoms with Crippen LogP contribution in [0.2, 0.25) is 0 Å². The molecule has 1 aromatic rings. The fourth-order valence-electron chi connectivity index (χ4n) is 2.33. The summed E-state index contributed by atoms with van der Waals surface area (Å²) in [7, 11) is 0. The van der Waals surface area contributed by atoms with Gasteiger partial charge in [-0.3, -0.25) is 4.79 Å². The van der Waals surface area contributed by atoms with Gasteiger partial charge in [-0.2, -0.15) is 0 Å². The fourth-order valence-corrected chi connectivity index (χ4v) is 2.33. The molecule has 1 heterocycles. The predicted molar refractivity (Wildman–Crippen MR) is 74.1 cm³/mol. The molecule has 0 bridgehead atoms. The van der Waals surface area contributed by atoms with Gasteiger partial charge in [0.1, 0.15) is 11.5 Å². The maximum atomic E-state index is 12.4. The van der Waals surface area contributed by atoms with Crippen molar-refractivity contribution < 1.29 is 14.3 Å². The zero-order valence-electron chi connectivity index (χ0n) is 11.6. The molecule has 1 aliphatic rings. The van der Waals surface area contributed by atoms with Gasteiger partial charge < -0.3 is 14.8 Å². The Morgan fingerprint density at radius 1 is 1.32 bits per heavy atom. The summed E-state index contributed by atoms with van der Waals surface area (Å²) in [6, 6.07) is 5.36. The molecular weight excluding hydrogens is 242 g/mol. The molecule has 0 radical (unpaired) electrons. The summed E-state index contributed by atoms with van der Waals surface area (Å²) in [6.45, 7) is 5.89. The fraction of sp³-hybridized carbons (Fsp3) is 0.533. The molecule has 0 aliphatic carbocycles. The van der Waals surface area contributed by atoms with Crippen molar-refractivity contribution in [2.45, 2.75) is 32.7 Å².